The van der Waals surface area contributed by atoms with E-state index in [1.165, 1.54) is 11.0 Å². The van der Waals surface area contributed by atoms with E-state index in [-0.39, 0.29) is 12.3 Å². The number of benzene rings is 2. The Labute approximate surface area is 166 Å². The summed E-state index contributed by atoms with van der Waals surface area (Å²) in [6.07, 6.45) is 1.55. The second-order valence-electron chi connectivity index (χ2n) is 6.29. The molecule has 146 valence electrons. The van der Waals surface area contributed by atoms with Crippen LogP contribution in [0.5, 0.6) is 5.75 Å². The molecule has 1 amide bonds. The lowest BCUT2D eigenvalue weighted by molar-refractivity contribution is -0.115. The minimum atomic E-state index is -0.225. The standard InChI is InChI=1S/C20H18N6O3/c1-13-18(23-20(29-13)14-6-4-3-5-7-14)11-19(27)22-15-8-16(10-17(9-15)28-2)26-12-21-24-25-26/h3-10,12H,11H2,1-2H3,(H,22,27). The van der Waals surface area contributed by atoms with Crippen LogP contribution in [0.15, 0.2) is 59.3 Å². The van der Waals surface area contributed by atoms with Crippen molar-refractivity contribution in [3.63, 3.8) is 0 Å². The van der Waals surface area contributed by atoms with Gasteiger partial charge in [-0.15, -0.1) is 5.10 Å². The van der Waals surface area contributed by atoms with Crippen LogP contribution in [0.2, 0.25) is 0 Å². The van der Waals surface area contributed by atoms with Crippen molar-refractivity contribution in [2.45, 2.75) is 13.3 Å². The zero-order chi connectivity index (χ0) is 20.2. The molecule has 0 saturated heterocycles. The van der Waals surface area contributed by atoms with E-state index in [0.29, 0.717) is 34.5 Å². The number of methoxy groups -OCH3 is 1. The molecule has 2 aromatic heterocycles. The molecule has 0 saturated carbocycles. The fourth-order valence-corrected chi connectivity index (χ4v) is 2.84. The third-order valence-corrected chi connectivity index (χ3v) is 4.27. The van der Waals surface area contributed by atoms with Gasteiger partial charge in [0.15, 0.2) is 0 Å². The highest BCUT2D eigenvalue weighted by molar-refractivity contribution is 5.92. The molecule has 0 bridgehead atoms. The maximum Gasteiger partial charge on any atom is 0.230 e. The van der Waals surface area contributed by atoms with Gasteiger partial charge in [-0.3, -0.25) is 4.79 Å². The van der Waals surface area contributed by atoms with Crippen LogP contribution in [0.1, 0.15) is 11.5 Å². The molecule has 1 N–H and O–H groups in total. The van der Waals surface area contributed by atoms with Gasteiger partial charge in [0.1, 0.15) is 17.8 Å². The Kier molecular flexibility index (Phi) is 5.02. The smallest absolute Gasteiger partial charge is 0.230 e. The topological polar surface area (TPSA) is 108 Å². The summed E-state index contributed by atoms with van der Waals surface area (Å²) in [6, 6.07) is 14.8. The Morgan fingerprint density at radius 2 is 2.03 bits per heavy atom. The largest absolute Gasteiger partial charge is 0.497 e. The molecule has 4 aromatic rings. The molecule has 2 heterocycles. The van der Waals surface area contributed by atoms with Crippen molar-refractivity contribution in [2.24, 2.45) is 0 Å². The molecule has 0 aliphatic heterocycles. The van der Waals surface area contributed by atoms with Crippen molar-refractivity contribution in [3.05, 3.63) is 66.3 Å². The Balaban J connectivity index is 1.52. The molecule has 9 heteroatoms. The lowest BCUT2D eigenvalue weighted by atomic mass is 10.2. The zero-order valence-electron chi connectivity index (χ0n) is 15.9. The molecular weight excluding hydrogens is 372 g/mol. The molecule has 2 aromatic carbocycles. The number of anilines is 1. The maximum absolute atomic E-state index is 12.6. The number of hydrogen-bond acceptors (Lipinski definition) is 7. The van der Waals surface area contributed by atoms with E-state index >= 15 is 0 Å². The summed E-state index contributed by atoms with van der Waals surface area (Å²) in [6.45, 7) is 1.80. The number of tetrazole rings is 1. The summed E-state index contributed by atoms with van der Waals surface area (Å²) in [5, 5.41) is 14.0. The zero-order valence-corrected chi connectivity index (χ0v) is 15.9. The van der Waals surface area contributed by atoms with Gasteiger partial charge in [0, 0.05) is 23.4 Å². The van der Waals surface area contributed by atoms with Gasteiger partial charge in [-0.25, -0.2) is 9.67 Å². The third kappa shape index (κ3) is 4.13. The first kappa shape index (κ1) is 18.4. The first-order valence-electron chi connectivity index (χ1n) is 8.86. The quantitative estimate of drug-likeness (QED) is 0.539. The minimum Gasteiger partial charge on any atom is -0.497 e. The number of aryl methyl sites for hydroxylation is 1. The van der Waals surface area contributed by atoms with E-state index in [0.717, 1.165) is 5.56 Å². The summed E-state index contributed by atoms with van der Waals surface area (Å²) in [7, 11) is 1.55. The van der Waals surface area contributed by atoms with Crippen molar-refractivity contribution >= 4 is 11.6 Å². The van der Waals surface area contributed by atoms with Crippen molar-refractivity contribution in [2.75, 3.05) is 12.4 Å². The molecule has 0 aliphatic rings. The lowest BCUT2D eigenvalue weighted by Crippen LogP contribution is -2.15. The average molecular weight is 390 g/mol. The molecule has 9 nitrogen and oxygen atoms in total. The Morgan fingerprint density at radius 1 is 1.21 bits per heavy atom. The summed E-state index contributed by atoms with van der Waals surface area (Å²) in [5.74, 6) is 1.45. The molecule has 0 unspecified atom stereocenters. The average Bonchev–Trinajstić information content (AvgIpc) is 3.39. The summed E-state index contributed by atoms with van der Waals surface area (Å²) < 4.78 is 12.5. The predicted octanol–water partition coefficient (Wildman–Crippen LogP) is 2.82. The van der Waals surface area contributed by atoms with Crippen molar-refractivity contribution in [1.29, 1.82) is 0 Å². The van der Waals surface area contributed by atoms with Crippen molar-refractivity contribution in [1.82, 2.24) is 25.2 Å². The van der Waals surface area contributed by atoms with Gasteiger partial charge >= 0.3 is 0 Å². The van der Waals surface area contributed by atoms with Gasteiger partial charge in [0.2, 0.25) is 11.8 Å². The molecule has 29 heavy (non-hydrogen) atoms. The first-order valence-corrected chi connectivity index (χ1v) is 8.86. The number of nitrogens with zero attached hydrogens (tertiary/aromatic N) is 5. The Morgan fingerprint density at radius 3 is 2.76 bits per heavy atom. The molecule has 0 aliphatic carbocycles. The normalized spacial score (nSPS) is 10.7. The van der Waals surface area contributed by atoms with Crippen LogP contribution in [-0.4, -0.2) is 38.2 Å². The van der Waals surface area contributed by atoms with Gasteiger partial charge in [0.25, 0.3) is 0 Å². The van der Waals surface area contributed by atoms with Gasteiger partial charge in [-0.2, -0.15) is 0 Å². The summed E-state index contributed by atoms with van der Waals surface area (Å²) >= 11 is 0. The highest BCUT2D eigenvalue weighted by Gasteiger charge is 2.15. The number of carbonyl (C=O) groups excluding carboxylic acids is 1. The molecule has 0 spiro atoms. The fraction of sp³-hybridized carbons (Fsp3) is 0.150. The van der Waals surface area contributed by atoms with Crippen LogP contribution in [0, 0.1) is 6.92 Å². The van der Waals surface area contributed by atoms with Gasteiger partial charge in [0.05, 0.1) is 24.9 Å². The fourth-order valence-electron chi connectivity index (χ4n) is 2.84. The molecular formula is C20H18N6O3. The maximum atomic E-state index is 12.6. The number of hydrogen-bond donors (Lipinski definition) is 1. The van der Waals surface area contributed by atoms with E-state index in [9.17, 15) is 4.79 Å². The van der Waals surface area contributed by atoms with Crippen LogP contribution in [0.3, 0.4) is 0 Å². The monoisotopic (exact) mass is 390 g/mol. The highest BCUT2D eigenvalue weighted by Crippen LogP contribution is 2.24. The van der Waals surface area contributed by atoms with Gasteiger partial charge in [-0.05, 0) is 35.5 Å². The van der Waals surface area contributed by atoms with E-state index in [2.05, 4.69) is 25.8 Å². The molecule has 4 rings (SSSR count). The van der Waals surface area contributed by atoms with Crippen LogP contribution < -0.4 is 10.1 Å². The van der Waals surface area contributed by atoms with Crippen LogP contribution in [0.4, 0.5) is 5.69 Å². The Bertz CT molecular complexity index is 1120. The van der Waals surface area contributed by atoms with E-state index in [1.807, 2.05) is 30.3 Å². The second-order valence-corrected chi connectivity index (χ2v) is 6.29. The number of rotatable bonds is 6. The number of aromatic nitrogens is 5. The lowest BCUT2D eigenvalue weighted by Gasteiger charge is -2.09. The molecule has 0 atom stereocenters. The highest BCUT2D eigenvalue weighted by atomic mass is 16.5. The van der Waals surface area contributed by atoms with E-state index < -0.39 is 0 Å². The number of oxazole rings is 1. The van der Waals surface area contributed by atoms with E-state index in [4.69, 9.17) is 9.15 Å². The van der Waals surface area contributed by atoms with Gasteiger partial charge in [-0.1, -0.05) is 18.2 Å². The van der Waals surface area contributed by atoms with E-state index in [1.54, 1.807) is 32.2 Å². The van der Waals surface area contributed by atoms with Crippen molar-refractivity contribution in [3.8, 4) is 22.9 Å². The summed E-state index contributed by atoms with van der Waals surface area (Å²) in [4.78, 5) is 17.1. The number of nitrogens with one attached hydrogen (secondary N) is 1. The summed E-state index contributed by atoms with van der Waals surface area (Å²) in [5.41, 5.74) is 2.67. The van der Waals surface area contributed by atoms with Crippen molar-refractivity contribution < 1.29 is 13.9 Å². The third-order valence-electron chi connectivity index (χ3n) is 4.27. The first-order chi connectivity index (χ1) is 14.1. The number of carbonyl (C=O) groups is 1. The second kappa shape index (κ2) is 7.93. The molecule has 0 radical (unpaired) electrons. The molecule has 0 fully saturated rings. The SMILES string of the molecule is COc1cc(NC(=O)Cc2nc(-c3ccccc3)oc2C)cc(-n2cnnn2)c1. The number of ether oxygens (including phenoxy) is 1. The Hall–Kier alpha value is -4.01. The number of amides is 1. The van der Waals surface area contributed by atoms with Crippen LogP contribution in [-0.2, 0) is 11.2 Å². The van der Waals surface area contributed by atoms with Crippen LogP contribution >= 0.6 is 0 Å². The van der Waals surface area contributed by atoms with Crippen LogP contribution in [0.25, 0.3) is 17.1 Å². The van der Waals surface area contributed by atoms with Gasteiger partial charge < -0.3 is 14.5 Å². The predicted molar refractivity (Wildman–Crippen MR) is 105 cm³/mol. The minimum absolute atomic E-state index is 0.0829.